The molecule has 6 aromatic carbocycles. The second-order valence-corrected chi connectivity index (χ2v) is 13.9. The average molecular weight is 611 g/mol. The fraction of sp³-hybridized carbons (Fsp3) is 0.200. The summed E-state index contributed by atoms with van der Waals surface area (Å²) in [5.41, 5.74) is 13.8. The Morgan fingerprint density at radius 1 is 0.511 bits per heavy atom. The third-order valence-corrected chi connectivity index (χ3v) is 11.0. The monoisotopic (exact) mass is 610 g/mol. The van der Waals surface area contributed by atoms with Crippen molar-refractivity contribution in [2.24, 2.45) is 0 Å². The second kappa shape index (κ2) is 11.6. The summed E-state index contributed by atoms with van der Waals surface area (Å²) in [6.45, 7) is 7.27. The molecule has 0 aromatic heterocycles. The van der Waals surface area contributed by atoms with Gasteiger partial charge in [-0.05, 0) is 109 Å². The largest absolute Gasteiger partial charge is 0.334 e. The minimum Gasteiger partial charge on any atom is -0.334 e. The molecule has 0 saturated heterocycles. The van der Waals surface area contributed by atoms with Crippen LogP contribution in [-0.4, -0.2) is 5.54 Å². The van der Waals surface area contributed by atoms with Gasteiger partial charge in [-0.1, -0.05) is 123 Å². The molecule has 0 bridgehead atoms. The highest BCUT2D eigenvalue weighted by Gasteiger charge is 2.57. The SMILES string of the molecule is Cc1cc(N(c2cccc(-c3ccccc3)c2)c2cccc(-c3ccccc3)c2)cc(N2c3ccccc3C3(C)CCCCC23C)c1. The maximum atomic E-state index is 2.69. The molecular weight excluding hydrogens is 569 g/mol. The molecule has 232 valence electrons. The van der Waals surface area contributed by atoms with E-state index in [0.29, 0.717) is 0 Å². The molecule has 2 atom stereocenters. The molecule has 1 fully saturated rings. The molecule has 1 heterocycles. The minimum atomic E-state index is 0.00524. The highest BCUT2D eigenvalue weighted by atomic mass is 15.3. The number of hydrogen-bond donors (Lipinski definition) is 0. The lowest BCUT2D eigenvalue weighted by Crippen LogP contribution is -2.54. The molecule has 0 spiro atoms. The van der Waals surface area contributed by atoms with Crippen LogP contribution in [0.5, 0.6) is 0 Å². The zero-order chi connectivity index (χ0) is 32.0. The first-order valence-electron chi connectivity index (χ1n) is 17.1. The van der Waals surface area contributed by atoms with Crippen LogP contribution in [0.15, 0.2) is 152 Å². The van der Waals surface area contributed by atoms with Crippen molar-refractivity contribution < 1.29 is 0 Å². The van der Waals surface area contributed by atoms with E-state index in [9.17, 15) is 0 Å². The normalized spacial score (nSPS) is 20.0. The van der Waals surface area contributed by atoms with E-state index >= 15 is 0 Å². The lowest BCUT2D eigenvalue weighted by atomic mass is 9.61. The summed E-state index contributed by atoms with van der Waals surface area (Å²) in [7, 11) is 0. The number of para-hydroxylation sites is 1. The van der Waals surface area contributed by atoms with E-state index in [-0.39, 0.29) is 11.0 Å². The van der Waals surface area contributed by atoms with Gasteiger partial charge in [-0.2, -0.15) is 0 Å². The Balaban J connectivity index is 1.32. The van der Waals surface area contributed by atoms with Crippen molar-refractivity contribution >= 4 is 28.4 Å². The summed E-state index contributed by atoms with van der Waals surface area (Å²) in [6, 6.07) is 55.7. The van der Waals surface area contributed by atoms with Crippen molar-refractivity contribution in [3.63, 3.8) is 0 Å². The molecule has 2 nitrogen and oxygen atoms in total. The quantitative estimate of drug-likeness (QED) is 0.185. The van der Waals surface area contributed by atoms with Crippen molar-refractivity contribution in [3.05, 3.63) is 163 Å². The fourth-order valence-corrected chi connectivity index (χ4v) is 8.46. The Morgan fingerprint density at radius 2 is 1.06 bits per heavy atom. The van der Waals surface area contributed by atoms with Crippen LogP contribution in [-0.2, 0) is 5.41 Å². The summed E-state index contributed by atoms with van der Waals surface area (Å²) in [5, 5.41) is 0. The second-order valence-electron chi connectivity index (χ2n) is 13.9. The first kappa shape index (κ1) is 29.3. The third-order valence-electron chi connectivity index (χ3n) is 11.0. The van der Waals surface area contributed by atoms with Gasteiger partial charge in [0.1, 0.15) is 0 Å². The lowest BCUT2D eigenvalue weighted by Gasteiger charge is -2.50. The maximum absolute atomic E-state index is 2.69. The van der Waals surface area contributed by atoms with Gasteiger partial charge in [0, 0.05) is 33.9 Å². The van der Waals surface area contributed by atoms with Gasteiger partial charge >= 0.3 is 0 Å². The molecule has 47 heavy (non-hydrogen) atoms. The number of benzene rings is 6. The Labute approximate surface area is 280 Å². The zero-order valence-electron chi connectivity index (χ0n) is 27.7. The first-order chi connectivity index (χ1) is 22.9. The van der Waals surface area contributed by atoms with E-state index in [0.717, 1.165) is 11.4 Å². The van der Waals surface area contributed by atoms with E-state index in [2.05, 4.69) is 182 Å². The molecular formula is C45H42N2. The molecule has 0 radical (unpaired) electrons. The van der Waals surface area contributed by atoms with Crippen LogP contribution in [0.2, 0.25) is 0 Å². The molecule has 6 aromatic rings. The summed E-state index contributed by atoms with van der Waals surface area (Å²) in [6.07, 6.45) is 4.96. The number of nitrogens with zero attached hydrogens (tertiary/aromatic N) is 2. The van der Waals surface area contributed by atoms with E-state index in [4.69, 9.17) is 0 Å². The summed E-state index contributed by atoms with van der Waals surface area (Å²) in [5.74, 6) is 0. The van der Waals surface area contributed by atoms with Gasteiger partial charge in [-0.3, -0.25) is 0 Å². The molecule has 0 amide bonds. The summed E-state index contributed by atoms with van der Waals surface area (Å²) >= 11 is 0. The van der Waals surface area contributed by atoms with E-state index in [1.165, 1.54) is 76.1 Å². The third kappa shape index (κ3) is 4.95. The van der Waals surface area contributed by atoms with Crippen LogP contribution in [0, 0.1) is 6.92 Å². The molecule has 2 unspecified atom stereocenters. The van der Waals surface area contributed by atoms with Crippen molar-refractivity contribution in [1.82, 2.24) is 0 Å². The van der Waals surface area contributed by atoms with Gasteiger partial charge in [0.25, 0.3) is 0 Å². The topological polar surface area (TPSA) is 6.48 Å². The Bertz CT molecular complexity index is 1970. The van der Waals surface area contributed by atoms with Gasteiger partial charge in [-0.25, -0.2) is 0 Å². The number of anilines is 5. The molecule has 1 aliphatic heterocycles. The average Bonchev–Trinajstić information content (AvgIpc) is 3.32. The number of aryl methyl sites for hydroxylation is 1. The van der Waals surface area contributed by atoms with Crippen LogP contribution in [0.1, 0.15) is 50.7 Å². The number of hydrogen-bond acceptors (Lipinski definition) is 2. The van der Waals surface area contributed by atoms with Gasteiger partial charge in [-0.15, -0.1) is 0 Å². The highest BCUT2D eigenvalue weighted by molar-refractivity contribution is 5.86. The summed E-state index contributed by atoms with van der Waals surface area (Å²) < 4.78 is 0. The van der Waals surface area contributed by atoms with Crippen LogP contribution >= 0.6 is 0 Å². The van der Waals surface area contributed by atoms with Gasteiger partial charge < -0.3 is 9.80 Å². The van der Waals surface area contributed by atoms with Crippen molar-refractivity contribution in [1.29, 1.82) is 0 Å². The van der Waals surface area contributed by atoms with Crippen LogP contribution < -0.4 is 9.80 Å². The Hall–Kier alpha value is -5.08. The van der Waals surface area contributed by atoms with Crippen LogP contribution in [0.4, 0.5) is 28.4 Å². The van der Waals surface area contributed by atoms with Gasteiger partial charge in [0.15, 0.2) is 0 Å². The van der Waals surface area contributed by atoms with Crippen LogP contribution in [0.3, 0.4) is 0 Å². The predicted molar refractivity (Wildman–Crippen MR) is 200 cm³/mol. The molecule has 8 rings (SSSR count). The van der Waals surface area contributed by atoms with E-state index < -0.39 is 0 Å². The first-order valence-corrected chi connectivity index (χ1v) is 17.1. The predicted octanol–water partition coefficient (Wildman–Crippen LogP) is 12.5. The maximum Gasteiger partial charge on any atom is 0.0517 e. The Kier molecular flexibility index (Phi) is 7.25. The molecule has 2 aliphatic rings. The van der Waals surface area contributed by atoms with Gasteiger partial charge in [0.05, 0.1) is 5.54 Å². The minimum absolute atomic E-state index is 0.00524. The molecule has 0 N–H and O–H groups in total. The zero-order valence-corrected chi connectivity index (χ0v) is 27.7. The lowest BCUT2D eigenvalue weighted by molar-refractivity contribution is 0.195. The van der Waals surface area contributed by atoms with Crippen molar-refractivity contribution in [3.8, 4) is 22.3 Å². The smallest absolute Gasteiger partial charge is 0.0517 e. The number of fused-ring (bicyclic) bond motifs is 3. The van der Waals surface area contributed by atoms with E-state index in [1.54, 1.807) is 0 Å². The van der Waals surface area contributed by atoms with E-state index in [1.807, 2.05) is 0 Å². The molecule has 1 saturated carbocycles. The standard InChI is InChI=1S/C45H42N2/c1-33-28-40(32-41(29-33)47-43-25-11-10-24-42(43)44(2)26-12-13-27-45(44,47)3)46(38-22-14-20-36(30-38)34-16-6-4-7-17-34)39-23-15-21-37(31-39)35-18-8-5-9-19-35/h4-11,14-25,28-32H,12-13,26-27H2,1-3H3. The van der Waals surface area contributed by atoms with Crippen LogP contribution in [0.25, 0.3) is 22.3 Å². The highest BCUT2D eigenvalue weighted by Crippen LogP contribution is 2.61. The fourth-order valence-electron chi connectivity index (χ4n) is 8.46. The molecule has 1 aliphatic carbocycles. The van der Waals surface area contributed by atoms with Crippen molar-refractivity contribution in [2.45, 2.75) is 57.4 Å². The summed E-state index contributed by atoms with van der Waals surface area (Å²) in [4.78, 5) is 5.14. The van der Waals surface area contributed by atoms with Gasteiger partial charge in [0.2, 0.25) is 0 Å². The molecule has 2 heteroatoms. The number of rotatable bonds is 6. The van der Waals surface area contributed by atoms with Crippen molar-refractivity contribution in [2.75, 3.05) is 9.80 Å². The Morgan fingerprint density at radius 3 is 1.70 bits per heavy atom.